The molecule has 3 heterocycles. The van der Waals surface area contributed by atoms with Crippen molar-refractivity contribution in [2.24, 2.45) is 0 Å². The normalized spacial score (nSPS) is 19.1. The Hall–Kier alpha value is -2.59. The first-order chi connectivity index (χ1) is 14.6. The molecule has 1 aromatic carbocycles. The van der Waals surface area contributed by atoms with E-state index in [9.17, 15) is 22.8 Å². The smallest absolute Gasteiger partial charge is 0.416 e. The summed E-state index contributed by atoms with van der Waals surface area (Å²) in [5.41, 5.74) is -0.422. The fourth-order valence-electron chi connectivity index (χ4n) is 4.02. The molecular formula is C21H21F3N2O4S. The van der Waals surface area contributed by atoms with E-state index in [1.54, 1.807) is 11.0 Å². The Labute approximate surface area is 180 Å². The first-order valence-corrected chi connectivity index (χ1v) is 10.6. The van der Waals surface area contributed by atoms with E-state index in [4.69, 9.17) is 9.84 Å². The maximum absolute atomic E-state index is 12.7. The zero-order valence-electron chi connectivity index (χ0n) is 16.5. The van der Waals surface area contributed by atoms with Crippen molar-refractivity contribution in [2.75, 3.05) is 19.6 Å². The monoisotopic (exact) mass is 454 g/mol. The van der Waals surface area contributed by atoms with Crippen LogP contribution < -0.4 is 0 Å². The summed E-state index contributed by atoms with van der Waals surface area (Å²) in [6.07, 6.45) is -3.46. The van der Waals surface area contributed by atoms with E-state index in [0.717, 1.165) is 33.9 Å². The van der Waals surface area contributed by atoms with Crippen LogP contribution in [-0.2, 0) is 24.0 Å². The molecular weight excluding hydrogens is 433 g/mol. The van der Waals surface area contributed by atoms with Gasteiger partial charge in [-0.2, -0.15) is 13.2 Å². The number of halogens is 3. The van der Waals surface area contributed by atoms with Crippen molar-refractivity contribution in [1.29, 1.82) is 0 Å². The van der Waals surface area contributed by atoms with Gasteiger partial charge in [-0.1, -0.05) is 12.1 Å². The van der Waals surface area contributed by atoms with Crippen molar-refractivity contribution >= 4 is 23.4 Å². The molecule has 0 atom stereocenters. The van der Waals surface area contributed by atoms with Crippen LogP contribution in [0.4, 0.5) is 18.0 Å². The Morgan fingerprint density at radius 1 is 1.10 bits per heavy atom. The number of amides is 1. The van der Waals surface area contributed by atoms with Crippen LogP contribution >= 0.6 is 11.3 Å². The number of aromatic carboxylic acids is 1. The molecule has 1 aromatic heterocycles. The Balaban J connectivity index is 1.31. The van der Waals surface area contributed by atoms with Gasteiger partial charge in [-0.05, 0) is 29.8 Å². The van der Waals surface area contributed by atoms with Crippen LogP contribution in [0.2, 0.25) is 0 Å². The molecule has 2 aromatic rings. The molecule has 31 heavy (non-hydrogen) atoms. The van der Waals surface area contributed by atoms with Gasteiger partial charge < -0.3 is 9.84 Å². The SMILES string of the molecule is O=C(O)c1ccc(CN2CC3(CCN(Cc4ccc(C(F)(F)F)cc4)CC3)OC2=O)s1. The molecule has 2 fully saturated rings. The molecule has 1 N–H and O–H groups in total. The highest BCUT2D eigenvalue weighted by molar-refractivity contribution is 7.13. The number of carbonyl (C=O) groups excluding carboxylic acids is 1. The Morgan fingerprint density at radius 3 is 2.35 bits per heavy atom. The van der Waals surface area contributed by atoms with E-state index < -0.39 is 29.4 Å². The topological polar surface area (TPSA) is 70.1 Å². The van der Waals surface area contributed by atoms with Gasteiger partial charge in [-0.25, -0.2) is 9.59 Å². The second kappa shape index (κ2) is 8.16. The van der Waals surface area contributed by atoms with Gasteiger partial charge in [0.05, 0.1) is 18.7 Å². The second-order valence-electron chi connectivity index (χ2n) is 7.95. The molecule has 0 radical (unpaired) electrons. The minimum absolute atomic E-state index is 0.230. The highest BCUT2D eigenvalue weighted by atomic mass is 32.1. The van der Waals surface area contributed by atoms with Crippen LogP contribution in [0.1, 0.15) is 38.5 Å². The molecule has 4 rings (SSSR count). The van der Waals surface area contributed by atoms with Gasteiger partial charge in [-0.3, -0.25) is 9.80 Å². The van der Waals surface area contributed by atoms with Crippen molar-refractivity contribution in [2.45, 2.75) is 37.7 Å². The number of hydrogen-bond acceptors (Lipinski definition) is 5. The maximum Gasteiger partial charge on any atom is 0.416 e. The van der Waals surface area contributed by atoms with Gasteiger partial charge in [0.1, 0.15) is 10.5 Å². The standard InChI is InChI=1S/C21H21F3N2O4S/c22-21(23,24)15-3-1-14(2-4-15)11-25-9-7-20(8-10-25)13-26(19(29)30-20)12-16-5-6-17(31-16)18(27)28/h1-6H,7-13H2,(H,27,28). The third kappa shape index (κ3) is 4.85. The van der Waals surface area contributed by atoms with E-state index in [-0.39, 0.29) is 4.88 Å². The fourth-order valence-corrected chi connectivity index (χ4v) is 4.88. The van der Waals surface area contributed by atoms with E-state index in [1.165, 1.54) is 18.2 Å². The predicted molar refractivity (Wildman–Crippen MR) is 107 cm³/mol. The molecule has 1 amide bonds. The number of thiophene rings is 1. The van der Waals surface area contributed by atoms with E-state index in [1.807, 2.05) is 0 Å². The van der Waals surface area contributed by atoms with Crippen LogP contribution in [0.15, 0.2) is 36.4 Å². The third-order valence-corrected chi connectivity index (χ3v) is 6.77. The summed E-state index contributed by atoms with van der Waals surface area (Å²) in [6.45, 7) is 2.64. The lowest BCUT2D eigenvalue weighted by molar-refractivity contribution is -0.137. The number of rotatable bonds is 5. The molecule has 166 valence electrons. The maximum atomic E-state index is 12.7. The molecule has 0 aliphatic carbocycles. The highest BCUT2D eigenvalue weighted by Crippen LogP contribution is 2.35. The Kier molecular flexibility index (Phi) is 5.69. The average Bonchev–Trinajstić information content (AvgIpc) is 3.29. The van der Waals surface area contributed by atoms with Crippen LogP contribution in [0, 0.1) is 0 Å². The minimum atomic E-state index is -4.34. The first-order valence-electron chi connectivity index (χ1n) is 9.82. The van der Waals surface area contributed by atoms with Crippen LogP contribution in [0.25, 0.3) is 0 Å². The average molecular weight is 454 g/mol. The van der Waals surface area contributed by atoms with Gasteiger partial charge in [0.2, 0.25) is 0 Å². The van der Waals surface area contributed by atoms with Crippen LogP contribution in [0.3, 0.4) is 0 Å². The van der Waals surface area contributed by atoms with Crippen LogP contribution in [0.5, 0.6) is 0 Å². The van der Waals surface area contributed by atoms with E-state index in [2.05, 4.69) is 4.90 Å². The summed E-state index contributed by atoms with van der Waals surface area (Å²) in [5.74, 6) is -0.989. The number of carboxylic acids is 1. The summed E-state index contributed by atoms with van der Waals surface area (Å²) in [7, 11) is 0. The molecule has 1 spiro atoms. The van der Waals surface area contributed by atoms with Crippen molar-refractivity contribution in [3.8, 4) is 0 Å². The van der Waals surface area contributed by atoms with Crippen molar-refractivity contribution in [3.63, 3.8) is 0 Å². The van der Waals surface area contributed by atoms with Crippen molar-refractivity contribution < 1.29 is 32.6 Å². The number of likely N-dealkylation sites (tertiary alicyclic amines) is 1. The molecule has 6 nitrogen and oxygen atoms in total. The highest BCUT2D eigenvalue weighted by Gasteiger charge is 2.46. The number of ether oxygens (including phenoxy) is 1. The van der Waals surface area contributed by atoms with Gasteiger partial charge in [0.15, 0.2) is 0 Å². The van der Waals surface area contributed by atoms with Gasteiger partial charge in [-0.15, -0.1) is 11.3 Å². The number of nitrogens with zero attached hydrogens (tertiary/aromatic N) is 2. The summed E-state index contributed by atoms with van der Waals surface area (Å²) >= 11 is 1.14. The Bertz CT molecular complexity index is 966. The van der Waals surface area contributed by atoms with Crippen LogP contribution in [-0.4, -0.2) is 52.2 Å². The molecule has 2 aliphatic rings. The first kappa shape index (κ1) is 21.6. The second-order valence-corrected chi connectivity index (χ2v) is 9.12. The summed E-state index contributed by atoms with van der Waals surface area (Å²) in [6, 6.07) is 8.42. The molecule has 0 bridgehead atoms. The summed E-state index contributed by atoms with van der Waals surface area (Å²) < 4.78 is 43.8. The number of benzene rings is 1. The van der Waals surface area contributed by atoms with Crippen molar-refractivity contribution in [3.05, 3.63) is 57.3 Å². The van der Waals surface area contributed by atoms with Gasteiger partial charge in [0, 0.05) is 37.4 Å². The number of carboxylic acid groups (broad SMARTS) is 1. The summed E-state index contributed by atoms with van der Waals surface area (Å²) in [5, 5.41) is 9.04. The molecule has 2 aliphatic heterocycles. The van der Waals surface area contributed by atoms with Crippen molar-refractivity contribution in [1.82, 2.24) is 9.80 Å². The van der Waals surface area contributed by atoms with Gasteiger partial charge >= 0.3 is 18.2 Å². The Morgan fingerprint density at radius 2 is 1.77 bits per heavy atom. The quantitative estimate of drug-likeness (QED) is 0.723. The van der Waals surface area contributed by atoms with Gasteiger partial charge in [0.25, 0.3) is 0 Å². The number of hydrogen-bond donors (Lipinski definition) is 1. The summed E-state index contributed by atoms with van der Waals surface area (Å²) in [4.78, 5) is 28.2. The third-order valence-electron chi connectivity index (χ3n) is 5.71. The molecule has 0 unspecified atom stereocenters. The lowest BCUT2D eigenvalue weighted by Gasteiger charge is -2.37. The molecule has 10 heteroatoms. The number of piperidine rings is 1. The predicted octanol–water partition coefficient (Wildman–Crippen LogP) is 4.45. The largest absolute Gasteiger partial charge is 0.477 e. The lowest BCUT2D eigenvalue weighted by atomic mass is 9.91. The van der Waals surface area contributed by atoms with E-state index >= 15 is 0 Å². The lowest BCUT2D eigenvalue weighted by Crippen LogP contribution is -2.46. The number of carbonyl (C=O) groups is 2. The number of alkyl halides is 3. The van der Waals surface area contributed by atoms with E-state index in [0.29, 0.717) is 45.6 Å². The molecule has 0 saturated carbocycles. The zero-order chi connectivity index (χ0) is 22.2. The minimum Gasteiger partial charge on any atom is -0.477 e. The zero-order valence-corrected chi connectivity index (χ0v) is 17.3. The fraction of sp³-hybridized carbons (Fsp3) is 0.429. The molecule has 2 saturated heterocycles.